The molecule has 0 saturated heterocycles. The zero-order chi connectivity index (χ0) is 10.6. The van der Waals surface area contributed by atoms with Crippen LogP contribution in [0.15, 0.2) is 18.2 Å². The summed E-state index contributed by atoms with van der Waals surface area (Å²) in [6, 6.07) is 6.12. The Labute approximate surface area is 81.9 Å². The second kappa shape index (κ2) is 4.40. The van der Waals surface area contributed by atoms with Crippen molar-refractivity contribution in [3.63, 3.8) is 0 Å². The van der Waals surface area contributed by atoms with Gasteiger partial charge in [0.05, 0.1) is 18.7 Å². The Morgan fingerprint density at radius 1 is 1.64 bits per heavy atom. The Balaban J connectivity index is 3.15. The van der Waals surface area contributed by atoms with Crippen molar-refractivity contribution < 1.29 is 9.53 Å². The Morgan fingerprint density at radius 3 is 2.86 bits per heavy atom. The number of methoxy groups -OCH3 is 1. The van der Waals surface area contributed by atoms with E-state index in [-0.39, 0.29) is 0 Å². The van der Waals surface area contributed by atoms with Crippen molar-refractivity contribution in [2.75, 3.05) is 7.11 Å². The summed E-state index contributed by atoms with van der Waals surface area (Å²) in [6.07, 6.45) is 0.640. The maximum absolute atomic E-state index is 10.4. The number of hydrogen-bond acceptors (Lipinski definition) is 4. The summed E-state index contributed by atoms with van der Waals surface area (Å²) in [6.45, 7) is 0. The topological polar surface area (TPSA) is 76.1 Å². The SMILES string of the molecule is COc1cc(C(N)C=O)ccc1C#N. The first-order valence-corrected chi connectivity index (χ1v) is 4.02. The molecule has 14 heavy (non-hydrogen) atoms. The number of ether oxygens (including phenoxy) is 1. The summed E-state index contributed by atoms with van der Waals surface area (Å²) in [5.74, 6) is 0.433. The minimum atomic E-state index is -0.670. The van der Waals surface area contributed by atoms with Gasteiger partial charge in [0, 0.05) is 0 Å². The Morgan fingerprint density at radius 2 is 2.36 bits per heavy atom. The summed E-state index contributed by atoms with van der Waals surface area (Å²) in [5.41, 5.74) is 6.56. The number of hydrogen-bond donors (Lipinski definition) is 1. The average molecular weight is 190 g/mol. The van der Waals surface area contributed by atoms with Crippen molar-refractivity contribution in [1.82, 2.24) is 0 Å². The Hall–Kier alpha value is -1.86. The van der Waals surface area contributed by atoms with E-state index in [1.54, 1.807) is 18.2 Å². The zero-order valence-electron chi connectivity index (χ0n) is 7.73. The predicted molar refractivity (Wildman–Crippen MR) is 50.7 cm³/mol. The third-order valence-electron chi connectivity index (χ3n) is 1.88. The molecule has 2 N–H and O–H groups in total. The standard InChI is InChI=1S/C10H10N2O2/c1-14-10-4-7(9(12)6-13)2-3-8(10)5-11/h2-4,6,9H,12H2,1H3. The predicted octanol–water partition coefficient (Wildman–Crippen LogP) is 0.766. The van der Waals surface area contributed by atoms with E-state index >= 15 is 0 Å². The quantitative estimate of drug-likeness (QED) is 0.714. The van der Waals surface area contributed by atoms with Crippen LogP contribution in [0.25, 0.3) is 0 Å². The number of carbonyl (C=O) groups excluding carboxylic acids is 1. The molecule has 0 aliphatic rings. The van der Waals surface area contributed by atoms with Crippen LogP contribution in [0.4, 0.5) is 0 Å². The van der Waals surface area contributed by atoms with Crippen LogP contribution in [-0.4, -0.2) is 13.4 Å². The molecular weight excluding hydrogens is 180 g/mol. The summed E-state index contributed by atoms with van der Waals surface area (Å²) >= 11 is 0. The van der Waals surface area contributed by atoms with E-state index in [9.17, 15) is 4.79 Å². The van der Waals surface area contributed by atoms with Gasteiger partial charge in [0.2, 0.25) is 0 Å². The molecule has 0 aliphatic heterocycles. The highest BCUT2D eigenvalue weighted by Gasteiger charge is 2.08. The van der Waals surface area contributed by atoms with Crippen LogP contribution < -0.4 is 10.5 Å². The van der Waals surface area contributed by atoms with Gasteiger partial charge >= 0.3 is 0 Å². The number of benzene rings is 1. The van der Waals surface area contributed by atoms with Gasteiger partial charge in [0.25, 0.3) is 0 Å². The number of aldehydes is 1. The summed E-state index contributed by atoms with van der Waals surface area (Å²) in [5, 5.41) is 8.71. The Bertz CT molecular complexity index is 382. The third-order valence-corrected chi connectivity index (χ3v) is 1.88. The van der Waals surface area contributed by atoms with Crippen molar-refractivity contribution in [2.24, 2.45) is 5.73 Å². The molecule has 1 unspecified atom stereocenters. The second-order valence-electron chi connectivity index (χ2n) is 2.73. The van der Waals surface area contributed by atoms with Gasteiger partial charge in [0.1, 0.15) is 18.1 Å². The lowest BCUT2D eigenvalue weighted by Gasteiger charge is -2.07. The molecule has 0 aliphatic carbocycles. The molecule has 0 aromatic heterocycles. The van der Waals surface area contributed by atoms with E-state index in [4.69, 9.17) is 15.7 Å². The third kappa shape index (κ3) is 1.90. The Kier molecular flexibility index (Phi) is 3.21. The van der Waals surface area contributed by atoms with Gasteiger partial charge in [0.15, 0.2) is 0 Å². The van der Waals surface area contributed by atoms with Crippen LogP contribution in [0.2, 0.25) is 0 Å². The number of nitrogens with zero attached hydrogens (tertiary/aromatic N) is 1. The van der Waals surface area contributed by atoms with Crippen molar-refractivity contribution in [2.45, 2.75) is 6.04 Å². The maximum Gasteiger partial charge on any atom is 0.141 e. The minimum Gasteiger partial charge on any atom is -0.495 e. The lowest BCUT2D eigenvalue weighted by molar-refractivity contribution is -0.109. The fraction of sp³-hybridized carbons (Fsp3) is 0.200. The molecule has 0 bridgehead atoms. The lowest BCUT2D eigenvalue weighted by Crippen LogP contribution is -2.11. The van der Waals surface area contributed by atoms with Gasteiger partial charge in [-0.2, -0.15) is 5.26 Å². The first-order valence-electron chi connectivity index (χ1n) is 4.02. The van der Waals surface area contributed by atoms with Crippen molar-refractivity contribution >= 4 is 6.29 Å². The number of nitriles is 1. The number of nitrogens with two attached hydrogens (primary N) is 1. The van der Waals surface area contributed by atoms with Gasteiger partial charge in [-0.3, -0.25) is 0 Å². The highest BCUT2D eigenvalue weighted by Crippen LogP contribution is 2.21. The monoisotopic (exact) mass is 190 g/mol. The molecule has 1 aromatic rings. The summed E-state index contributed by atoms with van der Waals surface area (Å²) in [4.78, 5) is 10.4. The summed E-state index contributed by atoms with van der Waals surface area (Å²) in [7, 11) is 1.46. The average Bonchev–Trinajstić information content (AvgIpc) is 2.26. The zero-order valence-corrected chi connectivity index (χ0v) is 7.73. The van der Waals surface area contributed by atoms with Crippen LogP contribution in [0.1, 0.15) is 17.2 Å². The smallest absolute Gasteiger partial charge is 0.141 e. The van der Waals surface area contributed by atoms with E-state index < -0.39 is 6.04 Å². The lowest BCUT2D eigenvalue weighted by atomic mass is 10.1. The highest BCUT2D eigenvalue weighted by atomic mass is 16.5. The molecule has 0 fully saturated rings. The normalized spacial score (nSPS) is 11.5. The van der Waals surface area contributed by atoms with Crippen LogP contribution in [-0.2, 0) is 4.79 Å². The first kappa shape index (κ1) is 10.2. The highest BCUT2D eigenvalue weighted by molar-refractivity contribution is 5.62. The molecule has 1 rings (SSSR count). The van der Waals surface area contributed by atoms with E-state index in [2.05, 4.69) is 0 Å². The van der Waals surface area contributed by atoms with Crippen molar-refractivity contribution in [3.05, 3.63) is 29.3 Å². The molecular formula is C10H10N2O2. The molecule has 0 spiro atoms. The maximum atomic E-state index is 10.4. The summed E-state index contributed by atoms with van der Waals surface area (Å²) < 4.78 is 4.98. The van der Waals surface area contributed by atoms with E-state index in [0.29, 0.717) is 23.2 Å². The van der Waals surface area contributed by atoms with Crippen molar-refractivity contribution in [3.8, 4) is 11.8 Å². The molecule has 0 radical (unpaired) electrons. The van der Waals surface area contributed by atoms with Crippen LogP contribution in [0.5, 0.6) is 5.75 Å². The van der Waals surface area contributed by atoms with Crippen LogP contribution >= 0.6 is 0 Å². The van der Waals surface area contributed by atoms with Gasteiger partial charge < -0.3 is 15.3 Å². The molecule has 4 nitrogen and oxygen atoms in total. The fourth-order valence-corrected chi connectivity index (χ4v) is 1.09. The van der Waals surface area contributed by atoms with Crippen LogP contribution in [0, 0.1) is 11.3 Å². The molecule has 1 aromatic carbocycles. The fourth-order valence-electron chi connectivity index (χ4n) is 1.09. The van der Waals surface area contributed by atoms with Gasteiger partial charge in [-0.1, -0.05) is 6.07 Å². The van der Waals surface area contributed by atoms with Gasteiger partial charge in [-0.05, 0) is 17.7 Å². The first-order chi connectivity index (χ1) is 6.72. The molecule has 0 saturated carbocycles. The van der Waals surface area contributed by atoms with Crippen molar-refractivity contribution in [1.29, 1.82) is 5.26 Å². The molecule has 4 heteroatoms. The molecule has 0 heterocycles. The van der Waals surface area contributed by atoms with E-state index in [1.165, 1.54) is 7.11 Å². The van der Waals surface area contributed by atoms with Crippen LogP contribution in [0.3, 0.4) is 0 Å². The molecule has 0 amide bonds. The van der Waals surface area contributed by atoms with E-state index in [0.717, 1.165) is 0 Å². The molecule has 1 atom stereocenters. The largest absolute Gasteiger partial charge is 0.495 e. The number of rotatable bonds is 3. The number of carbonyl (C=O) groups is 1. The minimum absolute atomic E-state index is 0.425. The van der Waals surface area contributed by atoms with Gasteiger partial charge in [-0.15, -0.1) is 0 Å². The second-order valence-corrected chi connectivity index (χ2v) is 2.73. The van der Waals surface area contributed by atoms with Gasteiger partial charge in [-0.25, -0.2) is 0 Å². The molecule has 72 valence electrons. The van der Waals surface area contributed by atoms with E-state index in [1.807, 2.05) is 6.07 Å².